The van der Waals surface area contributed by atoms with E-state index in [1.54, 1.807) is 0 Å². The molecule has 1 unspecified atom stereocenters. The zero-order valence-electron chi connectivity index (χ0n) is 12.0. The molecule has 2 aromatic rings. The number of nitrogens with zero attached hydrogens (tertiary/aromatic N) is 3. The minimum absolute atomic E-state index is 0.316. The van der Waals surface area contributed by atoms with Crippen molar-refractivity contribution in [3.05, 3.63) is 41.9 Å². The van der Waals surface area contributed by atoms with Gasteiger partial charge in [-0.1, -0.05) is 25.8 Å². The highest BCUT2D eigenvalue weighted by Crippen LogP contribution is 2.30. The van der Waals surface area contributed by atoms with Gasteiger partial charge in [0.25, 0.3) is 0 Å². The van der Waals surface area contributed by atoms with Crippen molar-refractivity contribution in [1.29, 1.82) is 0 Å². The van der Waals surface area contributed by atoms with Gasteiger partial charge in [0, 0.05) is 37.0 Å². The minimum Gasteiger partial charge on any atom is -0.370 e. The van der Waals surface area contributed by atoms with Gasteiger partial charge < -0.3 is 5.32 Å². The number of rotatable bonds is 5. The van der Waals surface area contributed by atoms with Gasteiger partial charge >= 0.3 is 0 Å². The highest BCUT2D eigenvalue weighted by atomic mass is 15.3. The van der Waals surface area contributed by atoms with Crippen molar-refractivity contribution in [3.8, 4) is 0 Å². The van der Waals surface area contributed by atoms with Crippen LogP contribution in [0.5, 0.6) is 0 Å². The molecular weight excluding hydrogens is 248 g/mol. The molecule has 0 amide bonds. The van der Waals surface area contributed by atoms with Crippen LogP contribution in [0, 0.1) is 0 Å². The maximum absolute atomic E-state index is 4.79. The van der Waals surface area contributed by atoms with Crippen LogP contribution in [-0.4, -0.2) is 21.3 Å². The predicted octanol–water partition coefficient (Wildman–Crippen LogP) is 3.42. The number of aromatic nitrogens is 3. The SMILES string of the molecule is CCCCC(c1ccccn1)c1cc2n(n1)CCCN2. The lowest BCUT2D eigenvalue weighted by Crippen LogP contribution is -2.17. The molecule has 2 aromatic heterocycles. The number of unbranched alkanes of at least 4 members (excludes halogenated alkanes) is 1. The highest BCUT2D eigenvalue weighted by molar-refractivity contribution is 5.41. The van der Waals surface area contributed by atoms with E-state index >= 15 is 0 Å². The second-order valence-electron chi connectivity index (χ2n) is 5.41. The molecule has 0 saturated carbocycles. The lowest BCUT2D eigenvalue weighted by molar-refractivity contribution is 0.547. The molecule has 1 atom stereocenters. The summed E-state index contributed by atoms with van der Waals surface area (Å²) in [7, 11) is 0. The number of hydrogen-bond donors (Lipinski definition) is 1. The normalized spacial score (nSPS) is 15.4. The lowest BCUT2D eigenvalue weighted by atomic mass is 9.94. The number of anilines is 1. The smallest absolute Gasteiger partial charge is 0.124 e. The summed E-state index contributed by atoms with van der Waals surface area (Å²) < 4.78 is 2.10. The van der Waals surface area contributed by atoms with E-state index in [0.29, 0.717) is 5.92 Å². The summed E-state index contributed by atoms with van der Waals surface area (Å²) in [6, 6.07) is 8.36. The molecule has 0 bridgehead atoms. The Labute approximate surface area is 120 Å². The number of aryl methyl sites for hydroxylation is 1. The first-order valence-corrected chi connectivity index (χ1v) is 7.61. The van der Waals surface area contributed by atoms with Crippen LogP contribution in [0.1, 0.15) is 49.9 Å². The third-order valence-corrected chi connectivity index (χ3v) is 3.90. The monoisotopic (exact) mass is 270 g/mol. The Bertz CT molecular complexity index is 523. The van der Waals surface area contributed by atoms with Gasteiger partial charge in [-0.15, -0.1) is 0 Å². The van der Waals surface area contributed by atoms with Crippen LogP contribution >= 0.6 is 0 Å². The van der Waals surface area contributed by atoms with Gasteiger partial charge in [-0.2, -0.15) is 5.10 Å². The largest absolute Gasteiger partial charge is 0.370 e. The first-order valence-electron chi connectivity index (χ1n) is 7.61. The fourth-order valence-electron chi connectivity index (χ4n) is 2.80. The predicted molar refractivity (Wildman–Crippen MR) is 80.9 cm³/mol. The Morgan fingerprint density at radius 3 is 3.05 bits per heavy atom. The fourth-order valence-corrected chi connectivity index (χ4v) is 2.80. The summed E-state index contributed by atoms with van der Waals surface area (Å²) in [5, 5.41) is 8.22. The highest BCUT2D eigenvalue weighted by Gasteiger charge is 2.21. The summed E-state index contributed by atoms with van der Waals surface area (Å²) in [6.07, 6.45) is 6.55. The van der Waals surface area contributed by atoms with Gasteiger partial charge in [0.2, 0.25) is 0 Å². The van der Waals surface area contributed by atoms with Gasteiger partial charge in [-0.3, -0.25) is 4.98 Å². The van der Waals surface area contributed by atoms with E-state index in [2.05, 4.69) is 40.1 Å². The third-order valence-electron chi connectivity index (χ3n) is 3.90. The van der Waals surface area contributed by atoms with Gasteiger partial charge in [-0.05, 0) is 25.0 Å². The zero-order valence-corrected chi connectivity index (χ0v) is 12.0. The van der Waals surface area contributed by atoms with Crippen LogP contribution in [0.3, 0.4) is 0 Å². The van der Waals surface area contributed by atoms with Crippen molar-refractivity contribution in [2.45, 2.75) is 45.1 Å². The topological polar surface area (TPSA) is 42.7 Å². The zero-order chi connectivity index (χ0) is 13.8. The number of hydrogen-bond acceptors (Lipinski definition) is 3. The van der Waals surface area contributed by atoms with Crippen molar-refractivity contribution in [2.24, 2.45) is 0 Å². The van der Waals surface area contributed by atoms with Crippen molar-refractivity contribution in [1.82, 2.24) is 14.8 Å². The van der Waals surface area contributed by atoms with E-state index in [1.807, 2.05) is 12.3 Å². The third kappa shape index (κ3) is 2.69. The molecule has 1 N–H and O–H groups in total. The Morgan fingerprint density at radius 1 is 1.35 bits per heavy atom. The second kappa shape index (κ2) is 6.07. The first-order chi connectivity index (χ1) is 9.88. The molecule has 4 nitrogen and oxygen atoms in total. The Morgan fingerprint density at radius 2 is 2.30 bits per heavy atom. The average molecular weight is 270 g/mol. The Kier molecular flexibility index (Phi) is 4.00. The average Bonchev–Trinajstić information content (AvgIpc) is 2.92. The molecule has 3 heterocycles. The maximum atomic E-state index is 4.79. The molecule has 0 radical (unpaired) electrons. The lowest BCUT2D eigenvalue weighted by Gasteiger charge is -2.14. The fraction of sp³-hybridized carbons (Fsp3) is 0.500. The molecular formula is C16H22N4. The minimum atomic E-state index is 0.316. The Hall–Kier alpha value is -1.84. The van der Waals surface area contributed by atoms with Crippen molar-refractivity contribution >= 4 is 5.82 Å². The molecule has 0 aromatic carbocycles. The van der Waals surface area contributed by atoms with E-state index in [1.165, 1.54) is 12.8 Å². The van der Waals surface area contributed by atoms with Gasteiger partial charge in [0.1, 0.15) is 5.82 Å². The van der Waals surface area contributed by atoms with E-state index in [-0.39, 0.29) is 0 Å². The van der Waals surface area contributed by atoms with Crippen molar-refractivity contribution in [2.75, 3.05) is 11.9 Å². The summed E-state index contributed by atoms with van der Waals surface area (Å²) in [5.41, 5.74) is 2.29. The molecule has 0 aliphatic carbocycles. The standard InChI is InChI=1S/C16H22N4/c1-2-3-7-13(14-8-4-5-9-17-14)15-12-16-18-10-6-11-20(16)19-15/h4-5,8-9,12-13,18H,2-3,6-7,10-11H2,1H3. The van der Waals surface area contributed by atoms with Crippen LogP contribution < -0.4 is 5.32 Å². The van der Waals surface area contributed by atoms with Crippen LogP contribution in [-0.2, 0) is 6.54 Å². The summed E-state index contributed by atoms with van der Waals surface area (Å²) >= 11 is 0. The van der Waals surface area contributed by atoms with Crippen LogP contribution in [0.2, 0.25) is 0 Å². The van der Waals surface area contributed by atoms with E-state index < -0.39 is 0 Å². The number of nitrogens with one attached hydrogen (secondary N) is 1. The van der Waals surface area contributed by atoms with Gasteiger partial charge in [0.05, 0.1) is 5.69 Å². The molecule has 4 heteroatoms. The van der Waals surface area contributed by atoms with E-state index in [9.17, 15) is 0 Å². The van der Waals surface area contributed by atoms with E-state index in [4.69, 9.17) is 5.10 Å². The molecule has 1 aliphatic heterocycles. The first kappa shape index (κ1) is 13.2. The molecule has 1 aliphatic rings. The summed E-state index contributed by atoms with van der Waals surface area (Å²) in [4.78, 5) is 4.54. The van der Waals surface area contributed by atoms with Crippen LogP contribution in [0.15, 0.2) is 30.5 Å². The van der Waals surface area contributed by atoms with Crippen molar-refractivity contribution < 1.29 is 0 Å². The van der Waals surface area contributed by atoms with E-state index in [0.717, 1.165) is 43.1 Å². The molecule has 3 rings (SSSR count). The molecule has 0 spiro atoms. The second-order valence-corrected chi connectivity index (χ2v) is 5.41. The van der Waals surface area contributed by atoms with Gasteiger partial charge in [-0.25, -0.2) is 4.68 Å². The summed E-state index contributed by atoms with van der Waals surface area (Å²) in [6.45, 7) is 4.30. The van der Waals surface area contributed by atoms with Crippen LogP contribution in [0.4, 0.5) is 5.82 Å². The Balaban J connectivity index is 1.90. The number of fused-ring (bicyclic) bond motifs is 1. The maximum Gasteiger partial charge on any atom is 0.124 e. The molecule has 0 saturated heterocycles. The molecule has 20 heavy (non-hydrogen) atoms. The molecule has 0 fully saturated rings. The quantitative estimate of drug-likeness (QED) is 0.905. The van der Waals surface area contributed by atoms with Gasteiger partial charge in [0.15, 0.2) is 0 Å². The number of pyridine rings is 1. The molecule has 106 valence electrons. The van der Waals surface area contributed by atoms with Crippen molar-refractivity contribution in [3.63, 3.8) is 0 Å². The van der Waals surface area contributed by atoms with Crippen LogP contribution in [0.25, 0.3) is 0 Å². The summed E-state index contributed by atoms with van der Waals surface area (Å²) in [5.74, 6) is 1.47.